The molecule has 0 aromatic carbocycles. The van der Waals surface area contributed by atoms with Gasteiger partial charge in [-0.1, -0.05) is 20.8 Å². The third-order valence-corrected chi connectivity index (χ3v) is 4.36. The molecule has 0 saturated carbocycles. The summed E-state index contributed by atoms with van der Waals surface area (Å²) in [4.78, 5) is 0. The van der Waals surface area contributed by atoms with E-state index in [-0.39, 0.29) is 58.3 Å². The first-order valence-corrected chi connectivity index (χ1v) is 11.5. The zero-order chi connectivity index (χ0) is 26.0. The molecule has 0 aromatic heterocycles. The van der Waals surface area contributed by atoms with Crippen LogP contribution in [0.4, 0.5) is 0 Å². The number of ether oxygens (including phenoxy) is 5. The normalized spacial score (nSPS) is 17.8. The maximum Gasteiger partial charge on any atom is 0.104 e. The third-order valence-electron chi connectivity index (χ3n) is 4.36. The highest BCUT2D eigenvalue weighted by Crippen LogP contribution is 2.20. The fourth-order valence-corrected chi connectivity index (χ4v) is 2.71. The highest BCUT2D eigenvalue weighted by atomic mass is 16.6. The van der Waals surface area contributed by atoms with Crippen molar-refractivity contribution in [3.05, 3.63) is 0 Å². The van der Waals surface area contributed by atoms with Gasteiger partial charge in [-0.25, -0.2) is 0 Å². The molecule has 0 saturated heterocycles. The van der Waals surface area contributed by atoms with Gasteiger partial charge in [-0.15, -0.1) is 0 Å². The molecule has 206 valence electrons. The first-order valence-electron chi connectivity index (χ1n) is 11.5. The van der Waals surface area contributed by atoms with Gasteiger partial charge in [0, 0.05) is 0 Å². The molecular formula is C22H46O12. The Morgan fingerprint density at radius 1 is 0.500 bits per heavy atom. The van der Waals surface area contributed by atoms with Gasteiger partial charge in [0.15, 0.2) is 0 Å². The van der Waals surface area contributed by atoms with E-state index in [4.69, 9.17) is 39.0 Å². The number of aliphatic hydroxyl groups excluding tert-OH is 7. The van der Waals surface area contributed by atoms with Crippen molar-refractivity contribution in [2.45, 2.75) is 63.8 Å². The molecule has 0 fully saturated rings. The topological polar surface area (TPSA) is 188 Å². The molecule has 0 radical (unpaired) electrons. The molecule has 0 aliphatic carbocycles. The standard InChI is InChI=1S/C22H46O12/c1-22(2,3)4-16(26)8-30-12-20(33-10-18(28)6-24)14-32-15-21(34-11-19(29)7-25)13-31-9-17(27)5-23/h16-21,23-29H,4-15H2,1-3H3. The highest BCUT2D eigenvalue weighted by molar-refractivity contribution is 4.68. The molecule has 6 atom stereocenters. The summed E-state index contributed by atoms with van der Waals surface area (Å²) in [6, 6.07) is 0. The molecule has 0 amide bonds. The van der Waals surface area contributed by atoms with E-state index in [2.05, 4.69) is 0 Å². The van der Waals surface area contributed by atoms with Crippen LogP contribution in [0.1, 0.15) is 27.2 Å². The number of hydrogen-bond acceptors (Lipinski definition) is 12. The Morgan fingerprint density at radius 2 is 0.824 bits per heavy atom. The van der Waals surface area contributed by atoms with Crippen molar-refractivity contribution in [1.82, 2.24) is 0 Å². The minimum atomic E-state index is -1.07. The van der Waals surface area contributed by atoms with Crippen LogP contribution in [0.25, 0.3) is 0 Å². The lowest BCUT2D eigenvalue weighted by Gasteiger charge is -2.25. The molecule has 0 heterocycles. The summed E-state index contributed by atoms with van der Waals surface area (Å²) >= 11 is 0. The Morgan fingerprint density at radius 3 is 1.18 bits per heavy atom. The summed E-state index contributed by atoms with van der Waals surface area (Å²) in [6.45, 7) is 4.48. The van der Waals surface area contributed by atoms with E-state index >= 15 is 0 Å². The van der Waals surface area contributed by atoms with Crippen LogP contribution >= 0.6 is 0 Å². The Labute approximate surface area is 202 Å². The van der Waals surface area contributed by atoms with Gasteiger partial charge in [-0.2, -0.15) is 0 Å². The molecule has 0 bridgehead atoms. The van der Waals surface area contributed by atoms with Gasteiger partial charge in [0.1, 0.15) is 30.5 Å². The quantitative estimate of drug-likeness (QED) is 0.0837. The Hall–Kier alpha value is -0.480. The zero-order valence-corrected chi connectivity index (χ0v) is 20.6. The molecule has 34 heavy (non-hydrogen) atoms. The van der Waals surface area contributed by atoms with Gasteiger partial charge in [0.05, 0.1) is 78.8 Å². The van der Waals surface area contributed by atoms with Crippen molar-refractivity contribution in [2.75, 3.05) is 72.7 Å². The Balaban J connectivity index is 4.67. The van der Waals surface area contributed by atoms with E-state index in [9.17, 15) is 20.4 Å². The summed E-state index contributed by atoms with van der Waals surface area (Å²) < 4.78 is 27.5. The summed E-state index contributed by atoms with van der Waals surface area (Å²) in [5.41, 5.74) is -0.0546. The minimum Gasteiger partial charge on any atom is -0.394 e. The molecule has 12 nitrogen and oxygen atoms in total. The second-order valence-corrected chi connectivity index (χ2v) is 9.45. The monoisotopic (exact) mass is 502 g/mol. The smallest absolute Gasteiger partial charge is 0.104 e. The van der Waals surface area contributed by atoms with Gasteiger partial charge in [0.25, 0.3) is 0 Å². The van der Waals surface area contributed by atoms with Crippen LogP contribution < -0.4 is 0 Å². The Bertz CT molecular complexity index is 462. The van der Waals surface area contributed by atoms with Crippen LogP contribution in [0.3, 0.4) is 0 Å². The fourth-order valence-electron chi connectivity index (χ4n) is 2.71. The average Bonchev–Trinajstić information content (AvgIpc) is 2.78. The lowest BCUT2D eigenvalue weighted by atomic mass is 9.89. The molecule has 7 N–H and O–H groups in total. The summed E-state index contributed by atoms with van der Waals surface area (Å²) in [5, 5.41) is 65.3. The highest BCUT2D eigenvalue weighted by Gasteiger charge is 2.20. The van der Waals surface area contributed by atoms with E-state index in [1.807, 2.05) is 20.8 Å². The van der Waals surface area contributed by atoms with Crippen LogP contribution in [0.2, 0.25) is 0 Å². The van der Waals surface area contributed by atoms with Crippen LogP contribution in [0.5, 0.6) is 0 Å². The molecule has 0 aromatic rings. The predicted molar refractivity (Wildman–Crippen MR) is 121 cm³/mol. The SMILES string of the molecule is CC(C)(C)CC(O)COCC(COCC(COCC(O)CO)OCC(O)CO)OCC(O)CO. The van der Waals surface area contributed by atoms with Crippen molar-refractivity contribution in [1.29, 1.82) is 0 Å². The third kappa shape index (κ3) is 19.8. The first kappa shape index (κ1) is 33.5. The molecule has 12 heteroatoms. The zero-order valence-electron chi connectivity index (χ0n) is 20.6. The maximum atomic E-state index is 10.1. The summed E-state index contributed by atoms with van der Waals surface area (Å²) in [7, 11) is 0. The van der Waals surface area contributed by atoms with Gasteiger partial charge < -0.3 is 59.4 Å². The number of hydrogen-bond donors (Lipinski definition) is 7. The maximum absolute atomic E-state index is 10.1. The van der Waals surface area contributed by atoms with Gasteiger partial charge in [0.2, 0.25) is 0 Å². The van der Waals surface area contributed by atoms with Crippen molar-refractivity contribution in [3.8, 4) is 0 Å². The molecule has 0 aliphatic heterocycles. The summed E-state index contributed by atoms with van der Waals surface area (Å²) in [5.74, 6) is 0. The van der Waals surface area contributed by atoms with Crippen molar-refractivity contribution in [3.63, 3.8) is 0 Å². The molecule has 0 rings (SSSR count). The van der Waals surface area contributed by atoms with E-state index in [1.165, 1.54) is 0 Å². The van der Waals surface area contributed by atoms with Crippen LogP contribution in [-0.2, 0) is 23.7 Å². The lowest BCUT2D eigenvalue weighted by Crippen LogP contribution is -2.35. The molecule has 0 aliphatic rings. The van der Waals surface area contributed by atoms with Crippen LogP contribution in [-0.4, -0.2) is 145 Å². The number of aliphatic hydroxyl groups is 7. The van der Waals surface area contributed by atoms with Crippen LogP contribution in [0.15, 0.2) is 0 Å². The Kier molecular flexibility index (Phi) is 19.4. The van der Waals surface area contributed by atoms with Crippen molar-refractivity contribution in [2.24, 2.45) is 5.41 Å². The second kappa shape index (κ2) is 19.7. The fraction of sp³-hybridized carbons (Fsp3) is 1.00. The van der Waals surface area contributed by atoms with E-state index in [0.717, 1.165) is 0 Å². The van der Waals surface area contributed by atoms with E-state index in [1.54, 1.807) is 0 Å². The van der Waals surface area contributed by atoms with Crippen molar-refractivity contribution < 1.29 is 59.4 Å². The minimum absolute atomic E-state index is 0.000541. The average molecular weight is 503 g/mol. The largest absolute Gasteiger partial charge is 0.394 e. The van der Waals surface area contributed by atoms with Crippen molar-refractivity contribution >= 4 is 0 Å². The van der Waals surface area contributed by atoms with E-state index < -0.39 is 56.4 Å². The van der Waals surface area contributed by atoms with Gasteiger partial charge >= 0.3 is 0 Å². The van der Waals surface area contributed by atoms with E-state index in [0.29, 0.717) is 6.42 Å². The lowest BCUT2D eigenvalue weighted by molar-refractivity contribution is -0.123. The molecule has 0 spiro atoms. The van der Waals surface area contributed by atoms with Crippen LogP contribution in [0, 0.1) is 5.41 Å². The number of rotatable bonds is 22. The molecular weight excluding hydrogens is 456 g/mol. The molecule has 6 unspecified atom stereocenters. The predicted octanol–water partition coefficient (Wildman–Crippen LogP) is -2.34. The summed E-state index contributed by atoms with van der Waals surface area (Å²) in [6.07, 6.45) is -4.51. The second-order valence-electron chi connectivity index (χ2n) is 9.45. The van der Waals surface area contributed by atoms with Gasteiger partial charge in [-0.3, -0.25) is 0 Å². The first-order chi connectivity index (χ1) is 16.0. The van der Waals surface area contributed by atoms with Gasteiger partial charge in [-0.05, 0) is 11.8 Å².